The van der Waals surface area contributed by atoms with E-state index >= 15 is 0 Å². The van der Waals surface area contributed by atoms with Gasteiger partial charge in [-0.3, -0.25) is 9.78 Å². The number of carbonyl (C=O) groups is 1. The van der Waals surface area contributed by atoms with Crippen LogP contribution in [0.4, 0.5) is 4.39 Å². The zero-order valence-corrected chi connectivity index (χ0v) is 14.1. The molecule has 2 aromatic rings. The first kappa shape index (κ1) is 17.4. The van der Waals surface area contributed by atoms with E-state index in [9.17, 15) is 9.18 Å². The Balaban J connectivity index is 1.50. The number of ether oxygens (including phenoxy) is 2. The van der Waals surface area contributed by atoms with Crippen molar-refractivity contribution < 1.29 is 18.7 Å². The summed E-state index contributed by atoms with van der Waals surface area (Å²) < 4.78 is 25.1. The van der Waals surface area contributed by atoms with Gasteiger partial charge in [-0.05, 0) is 55.5 Å². The zero-order valence-electron chi connectivity index (χ0n) is 14.1. The summed E-state index contributed by atoms with van der Waals surface area (Å²) in [5.41, 5.74) is 0.652. The summed E-state index contributed by atoms with van der Waals surface area (Å²) in [6, 6.07) is 8.01. The van der Waals surface area contributed by atoms with E-state index in [0.717, 1.165) is 0 Å². The van der Waals surface area contributed by atoms with E-state index in [1.807, 2.05) is 0 Å². The fraction of sp³-hybridized carbons (Fsp3) is 0.368. The predicted molar refractivity (Wildman–Crippen MR) is 90.7 cm³/mol. The number of hydrogen-bond acceptors (Lipinski definition) is 4. The van der Waals surface area contributed by atoms with E-state index in [-0.39, 0.29) is 18.2 Å². The van der Waals surface area contributed by atoms with Crippen molar-refractivity contribution in [3.05, 3.63) is 54.1 Å². The van der Waals surface area contributed by atoms with Crippen molar-refractivity contribution in [1.82, 2.24) is 10.3 Å². The molecule has 1 unspecified atom stereocenters. The van der Waals surface area contributed by atoms with Gasteiger partial charge in [0.1, 0.15) is 11.9 Å². The Morgan fingerprint density at radius 3 is 2.92 bits per heavy atom. The molecule has 1 atom stereocenters. The first-order valence-corrected chi connectivity index (χ1v) is 8.37. The molecule has 1 aromatic heterocycles. The molecule has 1 saturated carbocycles. The fourth-order valence-electron chi connectivity index (χ4n) is 2.25. The average molecular weight is 344 g/mol. The predicted octanol–water partition coefficient (Wildman–Crippen LogP) is 3.44. The van der Waals surface area contributed by atoms with Crippen LogP contribution in [0.2, 0.25) is 0 Å². The Morgan fingerprint density at radius 1 is 1.40 bits per heavy atom. The summed E-state index contributed by atoms with van der Waals surface area (Å²) in [5.74, 6) is 0.496. The molecule has 132 valence electrons. The Labute approximate surface area is 146 Å². The molecule has 1 aliphatic carbocycles. The van der Waals surface area contributed by atoms with E-state index in [4.69, 9.17) is 9.47 Å². The molecule has 25 heavy (non-hydrogen) atoms. The summed E-state index contributed by atoms with van der Waals surface area (Å²) >= 11 is 0. The molecule has 1 N–H and O–H groups in total. The molecule has 5 nitrogen and oxygen atoms in total. The minimum absolute atomic E-state index is 0.115. The van der Waals surface area contributed by atoms with Gasteiger partial charge in [-0.25, -0.2) is 4.39 Å². The van der Waals surface area contributed by atoms with E-state index in [2.05, 4.69) is 10.3 Å². The first-order valence-electron chi connectivity index (χ1n) is 8.37. The van der Waals surface area contributed by atoms with Gasteiger partial charge >= 0.3 is 0 Å². The third-order valence-corrected chi connectivity index (χ3v) is 3.97. The van der Waals surface area contributed by atoms with Crippen molar-refractivity contribution in [2.45, 2.75) is 32.4 Å². The van der Waals surface area contributed by atoms with Gasteiger partial charge < -0.3 is 14.8 Å². The Hall–Kier alpha value is -2.47. The Bertz CT molecular complexity index is 720. The number of benzene rings is 1. The third-order valence-electron chi connectivity index (χ3n) is 3.97. The van der Waals surface area contributed by atoms with Crippen molar-refractivity contribution in [3.63, 3.8) is 0 Å². The summed E-state index contributed by atoms with van der Waals surface area (Å²) in [4.78, 5) is 15.9. The van der Waals surface area contributed by atoms with Crippen LogP contribution in [0.15, 0.2) is 42.7 Å². The molecule has 0 spiro atoms. The highest BCUT2D eigenvalue weighted by molar-refractivity contribution is 5.80. The van der Waals surface area contributed by atoms with Crippen LogP contribution in [0.1, 0.15) is 25.3 Å². The summed E-state index contributed by atoms with van der Waals surface area (Å²) in [7, 11) is 0. The SMILES string of the molecule is CC(OCC1CC1)C(=O)NCc1ccc(Oc2cccnc2)c(F)c1. The van der Waals surface area contributed by atoms with E-state index < -0.39 is 11.9 Å². The van der Waals surface area contributed by atoms with Crippen molar-refractivity contribution in [2.24, 2.45) is 5.92 Å². The normalized spacial score (nSPS) is 14.8. The molecular formula is C19H21FN2O3. The highest BCUT2D eigenvalue weighted by atomic mass is 19.1. The van der Waals surface area contributed by atoms with Gasteiger partial charge in [0.2, 0.25) is 5.91 Å². The van der Waals surface area contributed by atoms with Crippen LogP contribution in [-0.4, -0.2) is 23.6 Å². The van der Waals surface area contributed by atoms with Gasteiger partial charge in [-0.2, -0.15) is 0 Å². The zero-order chi connectivity index (χ0) is 17.6. The Kier molecular flexibility index (Phi) is 5.60. The third kappa shape index (κ3) is 5.26. The molecule has 1 amide bonds. The van der Waals surface area contributed by atoms with Crippen LogP contribution in [0.3, 0.4) is 0 Å². The van der Waals surface area contributed by atoms with Crippen molar-refractivity contribution in [3.8, 4) is 11.5 Å². The highest BCUT2D eigenvalue weighted by Gasteiger charge is 2.23. The molecule has 1 aliphatic rings. The number of amides is 1. The maximum Gasteiger partial charge on any atom is 0.249 e. The van der Waals surface area contributed by atoms with Crippen molar-refractivity contribution >= 4 is 5.91 Å². The lowest BCUT2D eigenvalue weighted by Crippen LogP contribution is -2.34. The molecule has 6 heteroatoms. The molecule has 0 aliphatic heterocycles. The standard InChI is InChI=1S/C19H21FN2O3/c1-13(24-12-14-4-5-14)19(23)22-10-15-6-7-18(17(20)9-15)25-16-3-2-8-21-11-16/h2-3,6-9,11,13-14H,4-5,10,12H2,1H3,(H,22,23). The number of nitrogens with zero attached hydrogens (tertiary/aromatic N) is 1. The largest absolute Gasteiger partial charge is 0.453 e. The molecule has 1 fully saturated rings. The molecule has 1 aromatic carbocycles. The second kappa shape index (κ2) is 8.07. The quantitative estimate of drug-likeness (QED) is 0.797. The number of pyridine rings is 1. The molecule has 0 bridgehead atoms. The van der Waals surface area contributed by atoms with Crippen LogP contribution in [-0.2, 0) is 16.1 Å². The number of halogens is 1. The topological polar surface area (TPSA) is 60.5 Å². The average Bonchev–Trinajstić information content (AvgIpc) is 3.45. The second-order valence-corrected chi connectivity index (χ2v) is 6.19. The minimum atomic E-state index is -0.501. The van der Waals surface area contributed by atoms with E-state index in [0.29, 0.717) is 23.8 Å². The van der Waals surface area contributed by atoms with E-state index in [1.54, 1.807) is 31.3 Å². The lowest BCUT2D eigenvalue weighted by molar-refractivity contribution is -0.132. The monoisotopic (exact) mass is 344 g/mol. The van der Waals surface area contributed by atoms with E-state index in [1.165, 1.54) is 31.2 Å². The molecule has 0 radical (unpaired) electrons. The summed E-state index contributed by atoms with van der Waals surface area (Å²) in [6.07, 6.45) is 4.99. The van der Waals surface area contributed by atoms with Gasteiger partial charge in [0.25, 0.3) is 0 Å². The number of hydrogen-bond donors (Lipinski definition) is 1. The van der Waals surface area contributed by atoms with Crippen molar-refractivity contribution in [2.75, 3.05) is 6.61 Å². The smallest absolute Gasteiger partial charge is 0.249 e. The maximum atomic E-state index is 14.2. The highest BCUT2D eigenvalue weighted by Crippen LogP contribution is 2.29. The molecule has 0 saturated heterocycles. The Morgan fingerprint density at radius 2 is 2.24 bits per heavy atom. The number of aromatic nitrogens is 1. The second-order valence-electron chi connectivity index (χ2n) is 6.19. The lowest BCUT2D eigenvalue weighted by Gasteiger charge is -2.13. The van der Waals surface area contributed by atoms with Crippen LogP contribution in [0, 0.1) is 11.7 Å². The van der Waals surface area contributed by atoms with Crippen LogP contribution in [0.25, 0.3) is 0 Å². The number of rotatable bonds is 8. The number of nitrogens with one attached hydrogen (secondary N) is 1. The molecule has 3 rings (SSSR count). The minimum Gasteiger partial charge on any atom is -0.453 e. The fourth-order valence-corrected chi connectivity index (χ4v) is 2.25. The summed E-state index contributed by atoms with van der Waals surface area (Å²) in [6.45, 7) is 2.59. The molecular weight excluding hydrogens is 323 g/mol. The van der Waals surface area contributed by atoms with Crippen LogP contribution >= 0.6 is 0 Å². The maximum absolute atomic E-state index is 14.2. The number of carbonyl (C=O) groups excluding carboxylic acids is 1. The lowest BCUT2D eigenvalue weighted by atomic mass is 10.2. The van der Waals surface area contributed by atoms with Gasteiger partial charge in [0, 0.05) is 12.7 Å². The van der Waals surface area contributed by atoms with Crippen molar-refractivity contribution in [1.29, 1.82) is 0 Å². The first-order chi connectivity index (χ1) is 12.1. The molecule has 1 heterocycles. The van der Waals surface area contributed by atoms with Gasteiger partial charge in [0.15, 0.2) is 11.6 Å². The van der Waals surface area contributed by atoms with Crippen LogP contribution in [0.5, 0.6) is 11.5 Å². The van der Waals surface area contributed by atoms with Gasteiger partial charge in [0.05, 0.1) is 12.8 Å². The van der Waals surface area contributed by atoms with Crippen LogP contribution < -0.4 is 10.1 Å². The van der Waals surface area contributed by atoms with Gasteiger partial charge in [-0.1, -0.05) is 6.07 Å². The van der Waals surface area contributed by atoms with Gasteiger partial charge in [-0.15, -0.1) is 0 Å². The summed E-state index contributed by atoms with van der Waals surface area (Å²) in [5, 5.41) is 2.76.